The molecule has 0 bridgehead atoms. The zero-order valence-corrected chi connectivity index (χ0v) is 15.9. The summed E-state index contributed by atoms with van der Waals surface area (Å²) in [6.07, 6.45) is 4.40. The van der Waals surface area contributed by atoms with Crippen molar-refractivity contribution in [2.75, 3.05) is 13.1 Å². The van der Waals surface area contributed by atoms with E-state index in [1.54, 1.807) is 21.7 Å². The molecule has 1 fully saturated rings. The minimum Gasteiger partial charge on any atom is -0.459 e. The normalized spacial score (nSPS) is 15.6. The van der Waals surface area contributed by atoms with Crippen LogP contribution in [0.1, 0.15) is 50.0 Å². The van der Waals surface area contributed by atoms with E-state index in [0.29, 0.717) is 44.1 Å². The molecule has 3 amide bonds. The molecule has 1 saturated heterocycles. The van der Waals surface area contributed by atoms with Crippen LogP contribution in [-0.4, -0.2) is 50.7 Å². The van der Waals surface area contributed by atoms with Crippen molar-refractivity contribution in [3.63, 3.8) is 0 Å². The van der Waals surface area contributed by atoms with E-state index in [1.165, 1.54) is 12.6 Å². The lowest BCUT2D eigenvalue weighted by atomic mass is 10.0. The van der Waals surface area contributed by atoms with Gasteiger partial charge in [0.1, 0.15) is 12.2 Å². The monoisotopic (exact) mass is 374 g/mol. The molecule has 0 spiro atoms. The van der Waals surface area contributed by atoms with Crippen LogP contribution in [0, 0.1) is 0 Å². The average molecular weight is 374 g/mol. The van der Waals surface area contributed by atoms with Crippen LogP contribution in [0.3, 0.4) is 0 Å². The van der Waals surface area contributed by atoms with Crippen LogP contribution in [0.5, 0.6) is 0 Å². The maximum absolute atomic E-state index is 12.3. The molecular formula is C18H26N6O3. The van der Waals surface area contributed by atoms with E-state index < -0.39 is 0 Å². The highest BCUT2D eigenvalue weighted by atomic mass is 16.3. The molecule has 2 N–H and O–H groups in total. The van der Waals surface area contributed by atoms with Gasteiger partial charge < -0.3 is 20.0 Å². The van der Waals surface area contributed by atoms with Gasteiger partial charge in [0.05, 0.1) is 18.3 Å². The van der Waals surface area contributed by atoms with Gasteiger partial charge >= 0.3 is 6.03 Å². The van der Waals surface area contributed by atoms with E-state index in [1.807, 2.05) is 20.8 Å². The number of amides is 3. The van der Waals surface area contributed by atoms with Gasteiger partial charge in [0.25, 0.3) is 5.91 Å². The Morgan fingerprint density at radius 1 is 1.30 bits per heavy atom. The molecule has 1 aliphatic heterocycles. The number of rotatable bonds is 4. The minimum atomic E-state index is -0.241. The molecule has 2 aromatic rings. The third-order valence-corrected chi connectivity index (χ3v) is 4.51. The Balaban J connectivity index is 1.44. The summed E-state index contributed by atoms with van der Waals surface area (Å²) >= 11 is 0. The van der Waals surface area contributed by atoms with Crippen LogP contribution >= 0.6 is 0 Å². The van der Waals surface area contributed by atoms with Crippen molar-refractivity contribution in [3.05, 3.63) is 36.3 Å². The highest BCUT2D eigenvalue weighted by Crippen LogP contribution is 2.15. The summed E-state index contributed by atoms with van der Waals surface area (Å²) < 4.78 is 6.95. The van der Waals surface area contributed by atoms with Gasteiger partial charge in [0.15, 0.2) is 5.76 Å². The Kier molecular flexibility index (Phi) is 5.48. The number of nitrogens with zero attached hydrogens (tertiary/aromatic N) is 4. The van der Waals surface area contributed by atoms with Crippen LogP contribution in [0.15, 0.2) is 29.1 Å². The van der Waals surface area contributed by atoms with Crippen molar-refractivity contribution in [1.82, 2.24) is 30.3 Å². The topological polar surface area (TPSA) is 105 Å². The summed E-state index contributed by atoms with van der Waals surface area (Å²) in [7, 11) is 0. The Morgan fingerprint density at radius 2 is 2.04 bits per heavy atom. The van der Waals surface area contributed by atoms with Gasteiger partial charge in [0.2, 0.25) is 0 Å². The quantitative estimate of drug-likeness (QED) is 0.848. The van der Waals surface area contributed by atoms with E-state index in [-0.39, 0.29) is 23.5 Å². The Morgan fingerprint density at radius 3 is 2.67 bits per heavy atom. The van der Waals surface area contributed by atoms with Crippen molar-refractivity contribution >= 4 is 11.9 Å². The molecular weight excluding hydrogens is 348 g/mol. The van der Waals surface area contributed by atoms with Crippen LogP contribution in [-0.2, 0) is 12.1 Å². The van der Waals surface area contributed by atoms with Crippen LogP contribution in [0.2, 0.25) is 0 Å². The molecule has 0 atom stereocenters. The number of carbonyl (C=O) groups excluding carboxylic acids is 2. The predicted octanol–water partition coefficient (Wildman–Crippen LogP) is 1.73. The van der Waals surface area contributed by atoms with Crippen molar-refractivity contribution in [1.29, 1.82) is 0 Å². The predicted molar refractivity (Wildman–Crippen MR) is 98.0 cm³/mol. The summed E-state index contributed by atoms with van der Waals surface area (Å²) in [6, 6.07) is 3.16. The van der Waals surface area contributed by atoms with Crippen LogP contribution in [0.25, 0.3) is 0 Å². The maximum atomic E-state index is 12.3. The van der Waals surface area contributed by atoms with E-state index >= 15 is 0 Å². The zero-order chi connectivity index (χ0) is 19.4. The second-order valence-electron chi connectivity index (χ2n) is 7.63. The SMILES string of the molecule is CC(C)(C)n1ncnc1CNC(=O)NC1CCN(C(=O)c2ccco2)CC1. The highest BCUT2D eigenvalue weighted by Gasteiger charge is 2.26. The maximum Gasteiger partial charge on any atom is 0.315 e. The first-order valence-electron chi connectivity index (χ1n) is 9.11. The van der Waals surface area contributed by atoms with Crippen LogP contribution < -0.4 is 10.6 Å². The first kappa shape index (κ1) is 18.9. The molecule has 1 aliphatic rings. The first-order valence-corrected chi connectivity index (χ1v) is 9.11. The summed E-state index contributed by atoms with van der Waals surface area (Å²) in [4.78, 5) is 30.4. The summed E-state index contributed by atoms with van der Waals surface area (Å²) in [5.74, 6) is 0.947. The fourth-order valence-electron chi connectivity index (χ4n) is 3.13. The molecule has 2 aromatic heterocycles. The fourth-order valence-corrected chi connectivity index (χ4v) is 3.13. The highest BCUT2D eigenvalue weighted by molar-refractivity contribution is 5.91. The van der Waals surface area contributed by atoms with Gasteiger partial charge in [-0.25, -0.2) is 14.5 Å². The molecule has 0 unspecified atom stereocenters. The Hall–Kier alpha value is -2.84. The molecule has 9 nitrogen and oxygen atoms in total. The molecule has 27 heavy (non-hydrogen) atoms. The lowest BCUT2D eigenvalue weighted by Crippen LogP contribution is -2.49. The summed E-state index contributed by atoms with van der Waals surface area (Å²) in [6.45, 7) is 7.57. The van der Waals surface area contributed by atoms with E-state index in [0.717, 1.165) is 0 Å². The van der Waals surface area contributed by atoms with Gasteiger partial charge in [0, 0.05) is 19.1 Å². The molecule has 3 heterocycles. The van der Waals surface area contributed by atoms with Crippen molar-refractivity contribution in [3.8, 4) is 0 Å². The molecule has 0 aromatic carbocycles. The average Bonchev–Trinajstić information content (AvgIpc) is 3.31. The summed E-state index contributed by atoms with van der Waals surface area (Å²) in [5, 5.41) is 10.0. The number of carbonyl (C=O) groups is 2. The number of likely N-dealkylation sites (tertiary alicyclic amines) is 1. The molecule has 3 rings (SSSR count). The lowest BCUT2D eigenvalue weighted by molar-refractivity contribution is 0.0676. The van der Waals surface area contributed by atoms with Gasteiger partial charge in [-0.1, -0.05) is 0 Å². The number of nitrogens with one attached hydrogen (secondary N) is 2. The van der Waals surface area contributed by atoms with E-state index in [9.17, 15) is 9.59 Å². The van der Waals surface area contributed by atoms with Gasteiger partial charge in [-0.2, -0.15) is 5.10 Å². The summed E-state index contributed by atoms with van der Waals surface area (Å²) in [5.41, 5.74) is -0.197. The second-order valence-corrected chi connectivity index (χ2v) is 7.63. The van der Waals surface area contributed by atoms with Crippen molar-refractivity contribution < 1.29 is 14.0 Å². The molecule has 9 heteroatoms. The van der Waals surface area contributed by atoms with E-state index in [4.69, 9.17) is 4.42 Å². The minimum absolute atomic E-state index is 0.0335. The molecule has 0 radical (unpaired) electrons. The van der Waals surface area contributed by atoms with Crippen molar-refractivity contribution in [2.24, 2.45) is 0 Å². The first-order chi connectivity index (χ1) is 12.8. The van der Waals surface area contributed by atoms with Crippen LogP contribution in [0.4, 0.5) is 4.79 Å². The standard InChI is InChI=1S/C18H26N6O3/c1-18(2,3)24-15(20-12-21-24)11-19-17(26)22-13-6-8-23(9-7-13)16(25)14-5-4-10-27-14/h4-5,10,12-13H,6-9,11H2,1-3H3,(H2,19,22,26). The molecule has 0 aliphatic carbocycles. The number of hydrogen-bond acceptors (Lipinski definition) is 5. The smallest absolute Gasteiger partial charge is 0.315 e. The van der Waals surface area contributed by atoms with E-state index in [2.05, 4.69) is 20.7 Å². The molecule has 146 valence electrons. The van der Waals surface area contributed by atoms with Gasteiger partial charge in [-0.05, 0) is 45.7 Å². The largest absolute Gasteiger partial charge is 0.459 e. The van der Waals surface area contributed by atoms with Crippen molar-refractivity contribution in [2.45, 2.75) is 51.7 Å². The third-order valence-electron chi connectivity index (χ3n) is 4.51. The number of piperidine rings is 1. The number of furan rings is 1. The van der Waals surface area contributed by atoms with Gasteiger partial charge in [-0.15, -0.1) is 0 Å². The Labute approximate surface area is 158 Å². The zero-order valence-electron chi connectivity index (χ0n) is 15.9. The third kappa shape index (κ3) is 4.66. The fraction of sp³-hybridized carbons (Fsp3) is 0.556. The van der Waals surface area contributed by atoms with Gasteiger partial charge in [-0.3, -0.25) is 4.79 Å². The number of hydrogen-bond donors (Lipinski definition) is 2. The Bertz CT molecular complexity index is 769. The molecule has 0 saturated carbocycles. The lowest BCUT2D eigenvalue weighted by Gasteiger charge is -2.31. The number of aromatic nitrogens is 3. The number of urea groups is 1. The second kappa shape index (κ2) is 7.81.